The maximum atomic E-state index is 11.1. The van der Waals surface area contributed by atoms with Gasteiger partial charge in [-0.1, -0.05) is 13.8 Å². The molecule has 5 nitrogen and oxygen atoms in total. The molecule has 0 fully saturated rings. The molecule has 2 N–H and O–H groups in total. The normalized spacial score (nSPS) is 11.1. The molecule has 0 atom stereocenters. The molecule has 0 aliphatic carbocycles. The van der Waals surface area contributed by atoms with Gasteiger partial charge >= 0.3 is 11.9 Å². The Hall–Kier alpha value is -2.30. The molecule has 100 valence electrons. The van der Waals surface area contributed by atoms with E-state index in [-0.39, 0.29) is 18.0 Å². The molecule has 2 aromatic rings. The van der Waals surface area contributed by atoms with E-state index >= 15 is 0 Å². The summed E-state index contributed by atoms with van der Waals surface area (Å²) in [5.41, 5.74) is 1.87. The van der Waals surface area contributed by atoms with Crippen LogP contribution in [0.3, 0.4) is 0 Å². The number of carboxylic acid groups (broad SMARTS) is 2. The van der Waals surface area contributed by atoms with Crippen molar-refractivity contribution >= 4 is 22.8 Å². The number of aromatic carboxylic acids is 1. The molecule has 0 saturated carbocycles. The van der Waals surface area contributed by atoms with E-state index in [0.29, 0.717) is 0 Å². The van der Waals surface area contributed by atoms with Gasteiger partial charge in [-0.15, -0.1) is 0 Å². The van der Waals surface area contributed by atoms with Crippen molar-refractivity contribution in [2.75, 3.05) is 0 Å². The van der Waals surface area contributed by atoms with Crippen LogP contribution in [0.15, 0.2) is 24.4 Å². The quantitative estimate of drug-likeness (QED) is 0.886. The Bertz CT molecular complexity index is 655. The van der Waals surface area contributed by atoms with Gasteiger partial charge in [-0.3, -0.25) is 4.79 Å². The van der Waals surface area contributed by atoms with E-state index in [4.69, 9.17) is 10.2 Å². The lowest BCUT2D eigenvalue weighted by Crippen LogP contribution is -2.09. The molecular weight excluding hydrogens is 246 g/mol. The molecule has 19 heavy (non-hydrogen) atoms. The number of hydrogen-bond donors (Lipinski definition) is 2. The van der Waals surface area contributed by atoms with Crippen molar-refractivity contribution < 1.29 is 19.8 Å². The Morgan fingerprint density at radius 1 is 1.26 bits per heavy atom. The monoisotopic (exact) mass is 261 g/mol. The lowest BCUT2D eigenvalue weighted by molar-refractivity contribution is -0.137. The number of carbonyl (C=O) groups is 2. The molecule has 0 aliphatic heterocycles. The van der Waals surface area contributed by atoms with Crippen molar-refractivity contribution in [3.63, 3.8) is 0 Å². The minimum Gasteiger partial charge on any atom is -0.480 e. The predicted octanol–water partition coefficient (Wildman–Crippen LogP) is 2.55. The predicted molar refractivity (Wildman–Crippen MR) is 70.6 cm³/mol. The zero-order chi connectivity index (χ0) is 14.2. The summed E-state index contributed by atoms with van der Waals surface area (Å²) in [6, 6.07) is 4.94. The van der Waals surface area contributed by atoms with E-state index in [1.54, 1.807) is 29.0 Å². The third-order valence-corrected chi connectivity index (χ3v) is 3.06. The first-order chi connectivity index (χ1) is 8.90. The van der Waals surface area contributed by atoms with Crippen molar-refractivity contribution in [1.82, 2.24) is 4.57 Å². The smallest absolute Gasteiger partial charge is 0.335 e. The van der Waals surface area contributed by atoms with Gasteiger partial charge < -0.3 is 14.8 Å². The SMILES string of the molecule is CC(C)c1cc(C(=O)O)cc2ccn(CC(=O)O)c12. The molecule has 0 aliphatic rings. The maximum Gasteiger partial charge on any atom is 0.335 e. The fraction of sp³-hybridized carbons (Fsp3) is 0.286. The summed E-state index contributed by atoms with van der Waals surface area (Å²) in [5.74, 6) is -1.78. The second kappa shape index (κ2) is 4.76. The van der Waals surface area contributed by atoms with E-state index in [2.05, 4.69) is 0 Å². The standard InChI is InChI=1S/C14H15NO4/c1-8(2)11-6-10(14(18)19)5-9-3-4-15(13(9)11)7-12(16)17/h3-6,8H,7H2,1-2H3,(H,16,17)(H,18,19). The van der Waals surface area contributed by atoms with Gasteiger partial charge in [0.1, 0.15) is 6.54 Å². The average Bonchev–Trinajstić information content (AvgIpc) is 2.70. The van der Waals surface area contributed by atoms with E-state index in [1.807, 2.05) is 13.8 Å². The molecule has 0 saturated heterocycles. The molecule has 0 radical (unpaired) electrons. The molecule has 1 aromatic heterocycles. The third kappa shape index (κ3) is 2.45. The summed E-state index contributed by atoms with van der Waals surface area (Å²) in [5, 5.41) is 18.8. The van der Waals surface area contributed by atoms with Crippen LogP contribution in [-0.2, 0) is 11.3 Å². The van der Waals surface area contributed by atoms with E-state index in [9.17, 15) is 9.59 Å². The van der Waals surface area contributed by atoms with Crippen molar-refractivity contribution in [3.05, 3.63) is 35.5 Å². The maximum absolute atomic E-state index is 11.1. The summed E-state index contributed by atoms with van der Waals surface area (Å²) < 4.78 is 1.64. The van der Waals surface area contributed by atoms with Crippen LogP contribution in [0.1, 0.15) is 35.7 Å². The van der Waals surface area contributed by atoms with E-state index in [0.717, 1.165) is 16.5 Å². The molecule has 0 unspecified atom stereocenters. The number of hydrogen-bond acceptors (Lipinski definition) is 2. The van der Waals surface area contributed by atoms with Crippen molar-refractivity contribution in [1.29, 1.82) is 0 Å². The van der Waals surface area contributed by atoms with Gasteiger partial charge in [-0.2, -0.15) is 0 Å². The molecule has 2 rings (SSSR count). The molecule has 0 amide bonds. The highest BCUT2D eigenvalue weighted by Crippen LogP contribution is 2.28. The van der Waals surface area contributed by atoms with Gasteiger partial charge in [0.25, 0.3) is 0 Å². The van der Waals surface area contributed by atoms with Crippen LogP contribution in [0, 0.1) is 0 Å². The van der Waals surface area contributed by atoms with E-state index < -0.39 is 11.9 Å². The van der Waals surface area contributed by atoms with Gasteiger partial charge in [0.15, 0.2) is 0 Å². The highest BCUT2D eigenvalue weighted by Gasteiger charge is 2.15. The second-order valence-electron chi connectivity index (χ2n) is 4.80. The van der Waals surface area contributed by atoms with Crippen LogP contribution < -0.4 is 0 Å². The van der Waals surface area contributed by atoms with E-state index in [1.165, 1.54) is 0 Å². The Morgan fingerprint density at radius 3 is 2.47 bits per heavy atom. The summed E-state index contributed by atoms with van der Waals surface area (Å²) in [4.78, 5) is 22.0. The first-order valence-corrected chi connectivity index (χ1v) is 5.98. The number of aliphatic carboxylic acids is 1. The molecule has 0 spiro atoms. The molecule has 1 aromatic carbocycles. The number of benzene rings is 1. The first kappa shape index (κ1) is 13.1. The molecule has 1 heterocycles. The van der Waals surface area contributed by atoms with Gasteiger partial charge in [0.2, 0.25) is 0 Å². The third-order valence-electron chi connectivity index (χ3n) is 3.06. The van der Waals surface area contributed by atoms with Gasteiger partial charge in [-0.05, 0) is 29.7 Å². The summed E-state index contributed by atoms with van der Waals surface area (Å²) in [6.07, 6.45) is 1.68. The highest BCUT2D eigenvalue weighted by molar-refractivity contribution is 5.95. The number of nitrogens with zero attached hydrogens (tertiary/aromatic N) is 1. The molecular formula is C14H15NO4. The molecule has 5 heteroatoms. The van der Waals surface area contributed by atoms with Gasteiger partial charge in [-0.25, -0.2) is 4.79 Å². The zero-order valence-corrected chi connectivity index (χ0v) is 10.8. The van der Waals surface area contributed by atoms with Crippen LogP contribution in [0.25, 0.3) is 10.9 Å². The first-order valence-electron chi connectivity index (χ1n) is 5.98. The van der Waals surface area contributed by atoms with Crippen LogP contribution >= 0.6 is 0 Å². The minimum atomic E-state index is -0.977. The lowest BCUT2D eigenvalue weighted by atomic mass is 9.97. The Kier molecular flexibility index (Phi) is 3.29. The van der Waals surface area contributed by atoms with Crippen molar-refractivity contribution in [2.45, 2.75) is 26.3 Å². The van der Waals surface area contributed by atoms with Gasteiger partial charge in [0.05, 0.1) is 11.1 Å². The average molecular weight is 261 g/mol. The topological polar surface area (TPSA) is 79.5 Å². The number of carboxylic acids is 2. The van der Waals surface area contributed by atoms with Crippen LogP contribution in [0.5, 0.6) is 0 Å². The number of fused-ring (bicyclic) bond motifs is 1. The van der Waals surface area contributed by atoms with Crippen LogP contribution in [-0.4, -0.2) is 26.7 Å². The summed E-state index contributed by atoms with van der Waals surface area (Å²) in [7, 11) is 0. The Labute approximate surface area is 110 Å². The van der Waals surface area contributed by atoms with Crippen LogP contribution in [0.4, 0.5) is 0 Å². The Balaban J connectivity index is 2.71. The molecule has 0 bridgehead atoms. The van der Waals surface area contributed by atoms with Crippen LogP contribution in [0.2, 0.25) is 0 Å². The van der Waals surface area contributed by atoms with Crippen molar-refractivity contribution in [3.8, 4) is 0 Å². The highest BCUT2D eigenvalue weighted by atomic mass is 16.4. The second-order valence-corrected chi connectivity index (χ2v) is 4.80. The summed E-state index contributed by atoms with van der Waals surface area (Å²) >= 11 is 0. The fourth-order valence-corrected chi connectivity index (χ4v) is 2.22. The zero-order valence-electron chi connectivity index (χ0n) is 10.8. The van der Waals surface area contributed by atoms with Gasteiger partial charge in [0, 0.05) is 11.6 Å². The fourth-order valence-electron chi connectivity index (χ4n) is 2.22. The van der Waals surface area contributed by atoms with Crippen molar-refractivity contribution in [2.24, 2.45) is 0 Å². The number of rotatable bonds is 4. The largest absolute Gasteiger partial charge is 0.480 e. The summed E-state index contributed by atoms with van der Waals surface area (Å²) in [6.45, 7) is 3.78. The number of aromatic nitrogens is 1. The minimum absolute atomic E-state index is 0.115. The lowest BCUT2D eigenvalue weighted by Gasteiger charge is -2.12. The Morgan fingerprint density at radius 2 is 1.95 bits per heavy atom.